The van der Waals surface area contributed by atoms with Crippen LogP contribution in [0.5, 0.6) is 0 Å². The first-order valence-corrected chi connectivity index (χ1v) is 11.8. The molecule has 178 valence electrons. The SMILES string of the molecule is CC(O)CN1C[C@@H]2[C@H](C#Cc3ccc(-c4cc([C@@H](CN)n5ccnc5[C@H](C)O)no4)cc3)[C@@H]2C1. The number of imidazole rings is 1. The van der Waals surface area contributed by atoms with Crippen molar-refractivity contribution in [3.05, 3.63) is 59.8 Å². The number of piperidine rings is 1. The molecule has 1 aliphatic carbocycles. The van der Waals surface area contributed by atoms with E-state index in [0.717, 1.165) is 30.8 Å². The van der Waals surface area contributed by atoms with Crippen LogP contribution in [-0.2, 0) is 0 Å². The van der Waals surface area contributed by atoms with E-state index in [9.17, 15) is 10.2 Å². The van der Waals surface area contributed by atoms with E-state index in [1.165, 1.54) is 0 Å². The molecule has 8 heteroatoms. The largest absolute Gasteiger partial charge is 0.392 e. The summed E-state index contributed by atoms with van der Waals surface area (Å²) in [7, 11) is 0. The number of benzene rings is 1. The van der Waals surface area contributed by atoms with Crippen molar-refractivity contribution in [1.29, 1.82) is 0 Å². The quantitative estimate of drug-likeness (QED) is 0.462. The third-order valence-electron chi connectivity index (χ3n) is 6.85. The van der Waals surface area contributed by atoms with Crippen molar-refractivity contribution in [2.75, 3.05) is 26.2 Å². The van der Waals surface area contributed by atoms with E-state index in [1.807, 2.05) is 41.8 Å². The molecule has 8 nitrogen and oxygen atoms in total. The molecule has 5 rings (SSSR count). The molecular weight excluding hydrogens is 430 g/mol. The topological polar surface area (TPSA) is 114 Å². The van der Waals surface area contributed by atoms with Crippen molar-refractivity contribution >= 4 is 0 Å². The van der Waals surface area contributed by atoms with Gasteiger partial charge in [0.15, 0.2) is 5.76 Å². The molecule has 0 amide bonds. The Morgan fingerprint density at radius 2 is 1.91 bits per heavy atom. The lowest BCUT2D eigenvalue weighted by molar-refractivity contribution is 0.132. The molecule has 0 radical (unpaired) electrons. The number of aromatic nitrogens is 3. The maximum absolute atomic E-state index is 9.97. The summed E-state index contributed by atoms with van der Waals surface area (Å²) in [6.45, 7) is 6.67. The predicted molar refractivity (Wildman–Crippen MR) is 127 cm³/mol. The van der Waals surface area contributed by atoms with Crippen LogP contribution < -0.4 is 5.73 Å². The monoisotopic (exact) mass is 461 g/mol. The maximum Gasteiger partial charge on any atom is 0.167 e. The Labute approximate surface area is 199 Å². The zero-order valence-electron chi connectivity index (χ0n) is 19.5. The van der Waals surface area contributed by atoms with E-state index in [1.54, 1.807) is 19.3 Å². The Balaban J connectivity index is 1.24. The van der Waals surface area contributed by atoms with Gasteiger partial charge in [0.2, 0.25) is 0 Å². The summed E-state index contributed by atoms with van der Waals surface area (Å²) in [5.41, 5.74) is 8.60. The summed E-state index contributed by atoms with van der Waals surface area (Å²) in [6.07, 6.45) is 2.46. The van der Waals surface area contributed by atoms with Gasteiger partial charge < -0.3 is 29.9 Å². The van der Waals surface area contributed by atoms with Gasteiger partial charge in [-0.1, -0.05) is 17.0 Å². The van der Waals surface area contributed by atoms with Crippen LogP contribution in [0.25, 0.3) is 11.3 Å². The van der Waals surface area contributed by atoms with E-state index < -0.39 is 6.10 Å². The molecule has 1 saturated carbocycles. The van der Waals surface area contributed by atoms with Crippen LogP contribution in [0.4, 0.5) is 0 Å². The number of hydrogen-bond acceptors (Lipinski definition) is 7. The number of rotatable bonds is 7. The molecule has 0 spiro atoms. The number of aliphatic hydroxyl groups excluding tert-OH is 2. The van der Waals surface area contributed by atoms with Crippen LogP contribution in [0.1, 0.15) is 43.1 Å². The third kappa shape index (κ3) is 4.52. The van der Waals surface area contributed by atoms with E-state index in [-0.39, 0.29) is 12.1 Å². The fourth-order valence-electron chi connectivity index (χ4n) is 5.11. The lowest BCUT2D eigenvalue weighted by Crippen LogP contribution is -2.31. The third-order valence-corrected chi connectivity index (χ3v) is 6.85. The number of β-amino-alcohol motifs (C(OH)–C–C–N with tert-alkyl or cyclic N) is 1. The number of hydrogen-bond donors (Lipinski definition) is 3. The highest BCUT2D eigenvalue weighted by molar-refractivity contribution is 5.59. The molecule has 2 aromatic heterocycles. The minimum absolute atomic E-state index is 0.269. The molecule has 1 aliphatic heterocycles. The van der Waals surface area contributed by atoms with Crippen LogP contribution >= 0.6 is 0 Å². The number of fused-ring (bicyclic) bond motifs is 1. The van der Waals surface area contributed by atoms with Crippen molar-refractivity contribution in [3.8, 4) is 23.2 Å². The van der Waals surface area contributed by atoms with Crippen molar-refractivity contribution in [1.82, 2.24) is 19.6 Å². The van der Waals surface area contributed by atoms with E-state index >= 15 is 0 Å². The Hall–Kier alpha value is -2.96. The van der Waals surface area contributed by atoms with Crippen LogP contribution in [-0.4, -0.2) is 62.1 Å². The fraction of sp³-hybridized carbons (Fsp3) is 0.462. The van der Waals surface area contributed by atoms with Gasteiger partial charge >= 0.3 is 0 Å². The highest BCUT2D eigenvalue weighted by atomic mass is 16.5. The molecule has 0 bridgehead atoms. The van der Waals surface area contributed by atoms with Crippen LogP contribution in [0.2, 0.25) is 0 Å². The summed E-state index contributed by atoms with van der Waals surface area (Å²) in [5, 5.41) is 23.8. The molecule has 4 N–H and O–H groups in total. The second-order valence-corrected chi connectivity index (χ2v) is 9.50. The van der Waals surface area contributed by atoms with Gasteiger partial charge in [-0.3, -0.25) is 0 Å². The lowest BCUT2D eigenvalue weighted by atomic mass is 10.1. The smallest absolute Gasteiger partial charge is 0.167 e. The standard InChI is InChI=1S/C26H31N5O3/c1-16(32)13-30-14-21-20(22(21)15-30)8-5-18-3-6-19(7-4-18)25-11-23(29-34-25)24(12-27)31-10-9-28-26(31)17(2)33/h3-4,6-7,9-11,16-17,20-22,24,32-33H,12-15,27H2,1-2H3/t16?,17-,20-,21+,22-,24+/m0/s1. The minimum atomic E-state index is -0.706. The maximum atomic E-state index is 9.97. The first-order valence-electron chi connectivity index (χ1n) is 11.8. The van der Waals surface area contributed by atoms with Gasteiger partial charge in [-0.15, -0.1) is 0 Å². The zero-order valence-corrected chi connectivity index (χ0v) is 19.5. The van der Waals surface area contributed by atoms with Gasteiger partial charge in [-0.25, -0.2) is 4.98 Å². The van der Waals surface area contributed by atoms with E-state index in [4.69, 9.17) is 10.3 Å². The van der Waals surface area contributed by atoms with Crippen LogP contribution in [0.15, 0.2) is 47.2 Å². The van der Waals surface area contributed by atoms with Gasteiger partial charge in [-0.05, 0) is 49.9 Å². The number of nitrogens with two attached hydrogens (primary N) is 1. The molecule has 2 aliphatic rings. The number of nitrogens with zero attached hydrogens (tertiary/aromatic N) is 4. The normalized spacial score (nSPS) is 24.2. The average molecular weight is 462 g/mol. The second kappa shape index (κ2) is 9.35. The molecule has 34 heavy (non-hydrogen) atoms. The summed E-state index contributed by atoms with van der Waals surface area (Å²) in [5.74, 6) is 9.74. The average Bonchev–Trinajstić information content (AvgIpc) is 3.31. The van der Waals surface area contributed by atoms with Gasteiger partial charge in [-0.2, -0.15) is 0 Å². The second-order valence-electron chi connectivity index (χ2n) is 9.50. The molecule has 1 unspecified atom stereocenters. The summed E-state index contributed by atoms with van der Waals surface area (Å²) in [6, 6.07) is 9.59. The predicted octanol–water partition coefficient (Wildman–Crippen LogP) is 2.05. The van der Waals surface area contributed by atoms with Crippen molar-refractivity contribution in [3.63, 3.8) is 0 Å². The summed E-state index contributed by atoms with van der Waals surface area (Å²) < 4.78 is 7.44. The zero-order chi connectivity index (χ0) is 23.8. The molecule has 2 fully saturated rings. The van der Waals surface area contributed by atoms with Crippen molar-refractivity contribution < 1.29 is 14.7 Å². The summed E-state index contributed by atoms with van der Waals surface area (Å²) >= 11 is 0. The highest BCUT2D eigenvalue weighted by Gasteiger charge is 2.54. The Morgan fingerprint density at radius 1 is 1.18 bits per heavy atom. The van der Waals surface area contributed by atoms with E-state index in [2.05, 4.69) is 26.9 Å². The molecule has 3 heterocycles. The molecule has 3 aromatic rings. The van der Waals surface area contributed by atoms with Crippen molar-refractivity contribution in [2.45, 2.75) is 32.1 Å². The molecule has 1 aromatic carbocycles. The van der Waals surface area contributed by atoms with Gasteiger partial charge in [0.1, 0.15) is 17.6 Å². The van der Waals surface area contributed by atoms with Gasteiger partial charge in [0.25, 0.3) is 0 Å². The van der Waals surface area contributed by atoms with Crippen LogP contribution in [0, 0.1) is 29.6 Å². The first kappa shape index (κ1) is 22.8. The molecular formula is C26H31N5O3. The fourth-order valence-corrected chi connectivity index (χ4v) is 5.11. The number of likely N-dealkylation sites (tertiary alicyclic amines) is 1. The Morgan fingerprint density at radius 3 is 2.56 bits per heavy atom. The van der Waals surface area contributed by atoms with E-state index in [0.29, 0.717) is 41.6 Å². The Bertz CT molecular complexity index is 1170. The van der Waals surface area contributed by atoms with Crippen LogP contribution in [0.3, 0.4) is 0 Å². The molecule has 6 atom stereocenters. The highest BCUT2D eigenvalue weighted by Crippen LogP contribution is 2.51. The van der Waals surface area contributed by atoms with Gasteiger partial charge in [0, 0.05) is 61.7 Å². The lowest BCUT2D eigenvalue weighted by Gasteiger charge is -2.19. The van der Waals surface area contributed by atoms with Crippen molar-refractivity contribution in [2.24, 2.45) is 23.5 Å². The van der Waals surface area contributed by atoms with Gasteiger partial charge in [0.05, 0.1) is 12.1 Å². The number of aliphatic hydroxyl groups is 2. The molecule has 1 saturated heterocycles. The first-order chi connectivity index (χ1) is 16.4. The Kier molecular flexibility index (Phi) is 6.28. The summed E-state index contributed by atoms with van der Waals surface area (Å²) in [4.78, 5) is 6.57. The minimum Gasteiger partial charge on any atom is -0.392 e.